The number of phenols is 1. The molecule has 0 aliphatic heterocycles. The lowest BCUT2D eigenvalue weighted by molar-refractivity contribution is 0.292. The van der Waals surface area contributed by atoms with E-state index in [4.69, 9.17) is 14.2 Å². The summed E-state index contributed by atoms with van der Waals surface area (Å²) < 4.78 is 16.0. The van der Waals surface area contributed by atoms with Crippen LogP contribution in [-0.4, -0.2) is 51.5 Å². The molecule has 0 aromatic heterocycles. The van der Waals surface area contributed by atoms with Gasteiger partial charge in [0.15, 0.2) is 23.0 Å². The minimum atomic E-state index is -0.593. The molecule has 2 aromatic carbocycles. The lowest BCUT2D eigenvalue weighted by Gasteiger charge is -2.32. The predicted octanol–water partition coefficient (Wildman–Crippen LogP) is 7.62. The van der Waals surface area contributed by atoms with Crippen LogP contribution in [0, 0.1) is 17.2 Å². The van der Waals surface area contributed by atoms with Crippen molar-refractivity contribution >= 4 is 0 Å². The second kappa shape index (κ2) is 19.2. The van der Waals surface area contributed by atoms with Crippen LogP contribution in [0.15, 0.2) is 36.4 Å². The minimum Gasteiger partial charge on any atom is -0.504 e. The number of rotatable bonds is 13. The van der Waals surface area contributed by atoms with Gasteiger partial charge in [0, 0.05) is 6.54 Å². The van der Waals surface area contributed by atoms with Gasteiger partial charge in [0.2, 0.25) is 0 Å². The third-order valence-corrected chi connectivity index (χ3v) is 6.72. The maximum atomic E-state index is 10.2. The molecule has 2 rings (SSSR count). The third-order valence-electron chi connectivity index (χ3n) is 6.72. The van der Waals surface area contributed by atoms with Crippen LogP contribution in [0.5, 0.6) is 23.0 Å². The molecule has 0 saturated heterocycles. The fraction of sp³-hybridized carbons (Fsp3) is 0.594. The average molecular weight is 529 g/mol. The van der Waals surface area contributed by atoms with Crippen molar-refractivity contribution < 1.29 is 19.3 Å². The van der Waals surface area contributed by atoms with E-state index >= 15 is 0 Å². The van der Waals surface area contributed by atoms with Crippen LogP contribution in [-0.2, 0) is 11.8 Å². The van der Waals surface area contributed by atoms with Crippen LogP contribution in [0.4, 0.5) is 0 Å². The maximum Gasteiger partial charge on any atom is 0.161 e. The number of likely N-dealkylation sites (N-methyl/N-ethyl adjacent to an activating group) is 1. The largest absolute Gasteiger partial charge is 0.504 e. The molecule has 0 fully saturated rings. The molecule has 0 amide bonds. The molecular formula is C32H52N2O4. The number of nitrogens with zero attached hydrogens (tertiary/aromatic N) is 2. The lowest BCUT2D eigenvalue weighted by Crippen LogP contribution is -2.32. The van der Waals surface area contributed by atoms with E-state index in [1.165, 1.54) is 12.8 Å². The van der Waals surface area contributed by atoms with Gasteiger partial charge in [-0.1, -0.05) is 66.5 Å². The molecule has 0 saturated carbocycles. The second-order valence-electron chi connectivity index (χ2n) is 9.47. The molecule has 1 unspecified atom stereocenters. The predicted molar refractivity (Wildman–Crippen MR) is 159 cm³/mol. The molecule has 0 radical (unpaired) electrons. The Labute approximate surface area is 232 Å². The van der Waals surface area contributed by atoms with E-state index in [0.29, 0.717) is 17.2 Å². The van der Waals surface area contributed by atoms with E-state index < -0.39 is 5.41 Å². The van der Waals surface area contributed by atoms with Crippen LogP contribution in [0.25, 0.3) is 0 Å². The number of methoxy groups -OCH3 is 3. The first-order chi connectivity index (χ1) is 18.2. The van der Waals surface area contributed by atoms with E-state index in [1.807, 2.05) is 44.2 Å². The van der Waals surface area contributed by atoms with Crippen molar-refractivity contribution in [3.8, 4) is 29.1 Å². The number of phenolic OH excluding ortho intramolecular Hbond substituents is 1. The van der Waals surface area contributed by atoms with Gasteiger partial charge in [-0.2, -0.15) is 5.26 Å². The summed E-state index contributed by atoms with van der Waals surface area (Å²) in [5.74, 6) is 2.11. The van der Waals surface area contributed by atoms with Gasteiger partial charge >= 0.3 is 0 Å². The fourth-order valence-electron chi connectivity index (χ4n) is 4.07. The Morgan fingerprint density at radius 3 is 2.00 bits per heavy atom. The monoisotopic (exact) mass is 528 g/mol. The molecule has 0 aliphatic rings. The fourth-order valence-corrected chi connectivity index (χ4v) is 4.07. The molecule has 6 heteroatoms. The zero-order valence-electron chi connectivity index (χ0n) is 25.6. The number of benzene rings is 2. The Bertz CT molecular complexity index is 953. The molecule has 0 spiro atoms. The first-order valence-corrected chi connectivity index (χ1v) is 13.9. The van der Waals surface area contributed by atoms with E-state index in [-0.39, 0.29) is 11.7 Å². The van der Waals surface area contributed by atoms with Gasteiger partial charge in [-0.05, 0) is 74.2 Å². The zero-order valence-corrected chi connectivity index (χ0v) is 25.6. The number of ether oxygens (including phenoxy) is 3. The lowest BCUT2D eigenvalue weighted by atomic mass is 9.69. The second-order valence-corrected chi connectivity index (χ2v) is 9.47. The van der Waals surface area contributed by atoms with Crippen molar-refractivity contribution in [1.82, 2.24) is 4.90 Å². The van der Waals surface area contributed by atoms with Gasteiger partial charge in [0.1, 0.15) is 0 Å². The van der Waals surface area contributed by atoms with Crippen LogP contribution in [0.3, 0.4) is 0 Å². The number of aromatic hydroxyl groups is 1. The van der Waals surface area contributed by atoms with Crippen molar-refractivity contribution in [1.29, 1.82) is 5.26 Å². The molecule has 214 valence electrons. The Morgan fingerprint density at radius 1 is 0.895 bits per heavy atom. The van der Waals surface area contributed by atoms with E-state index in [9.17, 15) is 10.4 Å². The van der Waals surface area contributed by atoms with Gasteiger partial charge in [-0.3, -0.25) is 0 Å². The standard InChI is InChI=1S/C26H36N2O4.C4H10.C2H6/c1-19(2)26(18-27,21-9-11-23(30-4)25(17-21)32-6)13-7-14-28(3)15-12-20-8-10-22(29)24(16-20)31-5;1-3-4-2;1-2/h8-11,16-17,19,29H,7,12-15H2,1-6H3;3-4H2,1-2H3;1-2H3. The quantitative estimate of drug-likeness (QED) is 0.288. The summed E-state index contributed by atoms with van der Waals surface area (Å²) in [5.41, 5.74) is 1.49. The van der Waals surface area contributed by atoms with E-state index in [0.717, 1.165) is 43.5 Å². The summed E-state index contributed by atoms with van der Waals surface area (Å²) in [5, 5.41) is 20.0. The van der Waals surface area contributed by atoms with E-state index in [2.05, 4.69) is 45.7 Å². The first kappa shape index (κ1) is 35.1. The van der Waals surface area contributed by atoms with Gasteiger partial charge in [-0.25, -0.2) is 0 Å². The summed E-state index contributed by atoms with van der Waals surface area (Å²) in [7, 11) is 6.88. The molecule has 1 atom stereocenters. The molecule has 0 aliphatic carbocycles. The third kappa shape index (κ3) is 10.5. The normalized spacial score (nSPS) is 11.9. The van der Waals surface area contributed by atoms with Crippen molar-refractivity contribution in [2.75, 3.05) is 41.5 Å². The van der Waals surface area contributed by atoms with Crippen LogP contribution < -0.4 is 14.2 Å². The van der Waals surface area contributed by atoms with Crippen molar-refractivity contribution in [2.24, 2.45) is 5.92 Å². The average Bonchev–Trinajstić information content (AvgIpc) is 2.95. The summed E-state index contributed by atoms with van der Waals surface area (Å²) in [4.78, 5) is 2.27. The Hall–Kier alpha value is -2.91. The van der Waals surface area contributed by atoms with Crippen LogP contribution in [0.1, 0.15) is 78.4 Å². The maximum absolute atomic E-state index is 10.2. The summed E-state index contributed by atoms with van der Waals surface area (Å²) >= 11 is 0. The van der Waals surface area contributed by atoms with Gasteiger partial charge in [0.05, 0.1) is 32.8 Å². The number of unbranched alkanes of at least 4 members (excludes halogenated alkanes) is 1. The highest BCUT2D eigenvalue weighted by Gasteiger charge is 2.36. The minimum absolute atomic E-state index is 0.153. The highest BCUT2D eigenvalue weighted by molar-refractivity contribution is 5.47. The molecule has 38 heavy (non-hydrogen) atoms. The number of hydrogen-bond donors (Lipinski definition) is 1. The summed E-state index contributed by atoms with van der Waals surface area (Å²) in [6.45, 7) is 14.3. The van der Waals surface area contributed by atoms with Crippen LogP contribution >= 0.6 is 0 Å². The smallest absolute Gasteiger partial charge is 0.161 e. The SMILES string of the molecule is CC.CCCC.COc1cc(CCN(C)CCCC(C#N)(c2ccc(OC)c(OC)c2)C(C)C)ccc1O. The van der Waals surface area contributed by atoms with Crippen LogP contribution in [0.2, 0.25) is 0 Å². The molecule has 1 N–H and O–H groups in total. The summed E-state index contributed by atoms with van der Waals surface area (Å²) in [6.07, 6.45) is 5.15. The van der Waals surface area contributed by atoms with Gasteiger partial charge in [0.25, 0.3) is 0 Å². The van der Waals surface area contributed by atoms with Gasteiger partial charge in [-0.15, -0.1) is 0 Å². The Morgan fingerprint density at radius 2 is 1.50 bits per heavy atom. The number of hydrogen-bond acceptors (Lipinski definition) is 6. The molecule has 0 bridgehead atoms. The highest BCUT2D eigenvalue weighted by atomic mass is 16.5. The zero-order chi connectivity index (χ0) is 29.1. The topological polar surface area (TPSA) is 75.0 Å². The molecular weight excluding hydrogens is 476 g/mol. The number of nitriles is 1. The molecule has 0 heterocycles. The molecule has 6 nitrogen and oxygen atoms in total. The highest BCUT2D eigenvalue weighted by Crippen LogP contribution is 2.40. The van der Waals surface area contributed by atoms with Crippen molar-refractivity contribution in [3.05, 3.63) is 47.5 Å². The Balaban J connectivity index is 0.00000208. The van der Waals surface area contributed by atoms with Crippen molar-refractivity contribution in [3.63, 3.8) is 0 Å². The molecule has 2 aromatic rings. The van der Waals surface area contributed by atoms with Crippen molar-refractivity contribution in [2.45, 2.75) is 79.1 Å². The van der Waals surface area contributed by atoms with Gasteiger partial charge < -0.3 is 24.2 Å². The van der Waals surface area contributed by atoms with E-state index in [1.54, 1.807) is 27.4 Å². The first-order valence-electron chi connectivity index (χ1n) is 13.9. The summed E-state index contributed by atoms with van der Waals surface area (Å²) in [6, 6.07) is 13.9. The Kier molecular flexibility index (Phi) is 17.7.